The molecule has 0 saturated heterocycles. The number of nitrogens with one attached hydrogen (secondary N) is 2. The van der Waals surface area contributed by atoms with Crippen molar-refractivity contribution < 1.29 is 43.3 Å². The van der Waals surface area contributed by atoms with Crippen LogP contribution in [0.25, 0.3) is 46.4 Å². The summed E-state index contributed by atoms with van der Waals surface area (Å²) in [6.07, 6.45) is 8.05. The van der Waals surface area contributed by atoms with Gasteiger partial charge in [0.25, 0.3) is 0 Å². The second-order valence-electron chi connectivity index (χ2n) is 5.91. The van der Waals surface area contributed by atoms with Crippen LogP contribution in [-0.4, -0.2) is 19.9 Å². The van der Waals surface area contributed by atoms with Gasteiger partial charge in [-0.2, -0.15) is 0 Å². The van der Waals surface area contributed by atoms with Crippen LogP contribution in [0, 0.1) is 0 Å². The summed E-state index contributed by atoms with van der Waals surface area (Å²) in [4.78, 5) is 16.0. The third kappa shape index (κ3) is 3.88. The van der Waals surface area contributed by atoms with Crippen molar-refractivity contribution in [2.45, 2.75) is 0 Å². The summed E-state index contributed by atoms with van der Waals surface area (Å²) < 4.78 is 0. The molecule has 0 aliphatic carbocycles. The Bertz CT molecular complexity index is 1080. The van der Waals surface area contributed by atoms with E-state index in [1.165, 1.54) is 0 Å². The first-order valence-corrected chi connectivity index (χ1v) is 7.85. The second kappa shape index (κ2) is 7.71. The van der Waals surface area contributed by atoms with Crippen molar-refractivity contribution in [2.24, 2.45) is 0 Å². The van der Waals surface area contributed by atoms with Gasteiger partial charge in [0.15, 0.2) is 0 Å². The van der Waals surface area contributed by atoms with Gasteiger partial charge in [-0.15, -0.1) is 0 Å². The van der Waals surface area contributed by atoms with E-state index in [9.17, 15) is 0 Å². The number of fused-ring (bicyclic) bond motifs is 8. The van der Waals surface area contributed by atoms with E-state index in [1.54, 1.807) is 0 Å². The predicted octanol–water partition coefficient (Wildman–Crippen LogP) is 4.65. The average Bonchev–Trinajstić information content (AvgIpc) is 3.32. The summed E-state index contributed by atoms with van der Waals surface area (Å²) in [7, 11) is 0. The Hall–Kier alpha value is -2.00. The molecule has 26 heavy (non-hydrogen) atoms. The zero-order valence-electron chi connectivity index (χ0n) is 13.7. The third-order valence-electron chi connectivity index (χ3n) is 4.04. The molecule has 6 heteroatoms. The van der Waals surface area contributed by atoms with E-state index in [0.717, 1.165) is 44.8 Å². The first-order valence-electron chi connectivity index (χ1n) is 7.85. The van der Waals surface area contributed by atoms with Crippen molar-refractivity contribution in [3.63, 3.8) is 0 Å². The predicted molar refractivity (Wildman–Crippen MR) is 98.9 cm³/mol. The summed E-state index contributed by atoms with van der Waals surface area (Å²) in [5.41, 5.74) is 7.86. The first-order chi connectivity index (χ1) is 11.8. The van der Waals surface area contributed by atoms with Crippen LogP contribution < -0.4 is 0 Å². The van der Waals surface area contributed by atoms with Crippen LogP contribution in [0.2, 0.25) is 0 Å². The Kier molecular flexibility index (Phi) is 5.57. The molecule has 5 rings (SSSR count). The topological polar surface area (TPSA) is 57.4 Å². The molecule has 126 valence electrons. The summed E-state index contributed by atoms with van der Waals surface area (Å²) in [6, 6.07) is 16.4. The summed E-state index contributed by atoms with van der Waals surface area (Å²) >= 11 is 0. The van der Waals surface area contributed by atoms with Crippen molar-refractivity contribution in [3.05, 3.63) is 71.3 Å². The van der Waals surface area contributed by atoms with Crippen LogP contribution in [0.3, 0.4) is 0 Å². The maximum atomic E-state index is 4.62. The number of hydrogen-bond donors (Lipinski definition) is 2. The third-order valence-corrected chi connectivity index (χ3v) is 4.04. The molecule has 2 aliphatic heterocycles. The van der Waals surface area contributed by atoms with Gasteiger partial charge in [0.1, 0.15) is 0 Å². The fraction of sp³-hybridized carbons (Fsp3) is 0. The maximum absolute atomic E-state index is 4.62. The number of rotatable bonds is 0. The molecule has 0 spiro atoms. The maximum Gasteiger partial charge on any atom is 0.0659 e. The Morgan fingerprint density at radius 1 is 0.500 bits per heavy atom. The molecule has 4 nitrogen and oxygen atoms in total. The van der Waals surface area contributed by atoms with E-state index in [1.807, 2.05) is 42.5 Å². The van der Waals surface area contributed by atoms with Crippen molar-refractivity contribution in [1.29, 1.82) is 0 Å². The Morgan fingerprint density at radius 2 is 0.846 bits per heavy atom. The van der Waals surface area contributed by atoms with E-state index in [-0.39, 0.29) is 43.3 Å². The quantitative estimate of drug-likeness (QED) is 0.333. The van der Waals surface area contributed by atoms with Gasteiger partial charge < -0.3 is 9.97 Å². The van der Waals surface area contributed by atoms with Crippen molar-refractivity contribution >= 4 is 46.4 Å². The fourth-order valence-corrected chi connectivity index (χ4v) is 2.94. The van der Waals surface area contributed by atoms with Gasteiger partial charge in [-0.1, -0.05) is 0 Å². The van der Waals surface area contributed by atoms with Gasteiger partial charge in [-0.05, 0) is 72.8 Å². The van der Waals surface area contributed by atoms with Gasteiger partial charge in [0.05, 0.1) is 22.8 Å². The monoisotopic (exact) mass is 456 g/mol. The van der Waals surface area contributed by atoms with Gasteiger partial charge in [0, 0.05) is 65.3 Å². The Labute approximate surface area is 180 Å². The molecule has 2 N–H and O–H groups in total. The molecule has 3 aromatic heterocycles. The second-order valence-corrected chi connectivity index (χ2v) is 5.91. The number of hydrogen-bond acceptors (Lipinski definition) is 2. The normalized spacial score (nSPS) is 11.7. The largest absolute Gasteiger partial charge is 0.355 e. The standard InChI is InChI=1S/C20H14N4.Fe.Zr/c1-2-14-10-16-5-6-18(23-16)12-20-8-7-19(24-20)11-17-4-3-15(22-17)9-13(1)21-14;;/h1-12,21-22H;;. The van der Waals surface area contributed by atoms with Gasteiger partial charge in [-0.3, -0.25) is 0 Å². The van der Waals surface area contributed by atoms with Crippen LogP contribution in [-0.2, 0) is 43.3 Å². The summed E-state index contributed by atoms with van der Waals surface area (Å²) in [6.45, 7) is 0. The molecule has 3 aromatic rings. The van der Waals surface area contributed by atoms with Gasteiger partial charge >= 0.3 is 0 Å². The van der Waals surface area contributed by atoms with Gasteiger partial charge in [0.2, 0.25) is 0 Å². The minimum Gasteiger partial charge on any atom is -0.355 e. The summed E-state index contributed by atoms with van der Waals surface area (Å²) in [5.74, 6) is 0. The molecule has 2 aliphatic rings. The Balaban J connectivity index is 0.000000980. The van der Waals surface area contributed by atoms with E-state index < -0.39 is 0 Å². The Morgan fingerprint density at radius 3 is 1.27 bits per heavy atom. The number of nitrogens with zero attached hydrogens (tertiary/aromatic N) is 2. The van der Waals surface area contributed by atoms with Crippen LogP contribution in [0.4, 0.5) is 0 Å². The van der Waals surface area contributed by atoms with Crippen LogP contribution in [0.15, 0.2) is 48.5 Å². The van der Waals surface area contributed by atoms with E-state index in [4.69, 9.17) is 0 Å². The van der Waals surface area contributed by atoms with Gasteiger partial charge in [-0.25, -0.2) is 9.97 Å². The van der Waals surface area contributed by atoms with Crippen molar-refractivity contribution in [2.75, 3.05) is 0 Å². The fourth-order valence-electron chi connectivity index (χ4n) is 2.94. The minimum absolute atomic E-state index is 0. The smallest absolute Gasteiger partial charge is 0.0659 e. The zero-order valence-corrected chi connectivity index (χ0v) is 17.2. The molecule has 5 heterocycles. The first kappa shape index (κ1) is 18.8. The van der Waals surface area contributed by atoms with Crippen molar-refractivity contribution in [1.82, 2.24) is 19.9 Å². The van der Waals surface area contributed by atoms with E-state index in [2.05, 4.69) is 50.3 Å². The molecular formula is C20H14FeN4Zr. The molecular weight excluding hydrogens is 443 g/mol. The SMILES string of the molecule is C1=Cc2cc3ccc(cc4ccc(cc5nc(cc1n2)C=C5)[nH]4)[nH]3.[Fe].[Zr]. The number of aromatic amines is 2. The van der Waals surface area contributed by atoms with Crippen LogP contribution in [0.5, 0.6) is 0 Å². The van der Waals surface area contributed by atoms with E-state index >= 15 is 0 Å². The van der Waals surface area contributed by atoms with Crippen LogP contribution in [0.1, 0.15) is 22.8 Å². The molecule has 0 unspecified atom stereocenters. The van der Waals surface area contributed by atoms with Crippen molar-refractivity contribution in [3.8, 4) is 0 Å². The molecule has 0 amide bonds. The van der Waals surface area contributed by atoms with E-state index in [0.29, 0.717) is 0 Å². The molecule has 0 radical (unpaired) electrons. The average molecular weight is 457 g/mol. The number of aromatic nitrogens is 4. The zero-order chi connectivity index (χ0) is 15.9. The molecule has 0 saturated carbocycles. The molecule has 8 bridgehead atoms. The molecule has 0 aromatic carbocycles. The number of H-pyrrole nitrogens is 2. The minimum atomic E-state index is 0. The van der Waals surface area contributed by atoms with Crippen LogP contribution >= 0.6 is 0 Å². The summed E-state index contributed by atoms with van der Waals surface area (Å²) in [5, 5.41) is 0. The molecule has 0 atom stereocenters. The molecule has 0 fully saturated rings.